The van der Waals surface area contributed by atoms with E-state index in [-0.39, 0.29) is 31.0 Å². The molecule has 132 valence electrons. The second-order valence-electron chi connectivity index (χ2n) is 5.46. The van der Waals surface area contributed by atoms with Crippen LogP contribution in [-0.2, 0) is 16.1 Å². The Labute approximate surface area is 148 Å². The van der Waals surface area contributed by atoms with E-state index in [4.69, 9.17) is 0 Å². The number of hydrogen-bond acceptors (Lipinski definition) is 6. The Morgan fingerprint density at radius 3 is 2.73 bits per heavy atom. The monoisotopic (exact) mass is 352 g/mol. The van der Waals surface area contributed by atoms with Crippen LogP contribution in [0.4, 0.5) is 5.69 Å². The Hall–Kier alpha value is -3.62. The third-order valence-electron chi connectivity index (χ3n) is 3.54. The van der Waals surface area contributed by atoms with Gasteiger partial charge in [0.05, 0.1) is 17.3 Å². The summed E-state index contributed by atoms with van der Waals surface area (Å²) in [5.74, 6) is -0.674. The summed E-state index contributed by atoms with van der Waals surface area (Å²) < 4.78 is 0.993. The summed E-state index contributed by atoms with van der Waals surface area (Å²) in [5.41, 5.74) is 0.670. The van der Waals surface area contributed by atoms with E-state index in [1.54, 1.807) is 42.6 Å². The Bertz CT molecular complexity index is 986. The summed E-state index contributed by atoms with van der Waals surface area (Å²) in [7, 11) is 0. The first-order valence-electron chi connectivity index (χ1n) is 7.92. The molecular formula is C17H16N6O3. The van der Waals surface area contributed by atoms with Crippen LogP contribution in [0.5, 0.6) is 0 Å². The molecule has 0 bridgehead atoms. The minimum absolute atomic E-state index is 0.0962. The Morgan fingerprint density at radius 2 is 1.92 bits per heavy atom. The summed E-state index contributed by atoms with van der Waals surface area (Å²) in [6.07, 6.45) is 3.23. The highest BCUT2D eigenvalue weighted by Crippen LogP contribution is 2.04. The molecule has 0 saturated heterocycles. The van der Waals surface area contributed by atoms with Crippen LogP contribution in [0.1, 0.15) is 6.42 Å². The molecule has 1 aromatic carbocycles. The number of benzene rings is 1. The zero-order valence-electron chi connectivity index (χ0n) is 13.8. The maximum absolute atomic E-state index is 12.3. The van der Waals surface area contributed by atoms with E-state index in [1.165, 1.54) is 6.20 Å². The molecule has 0 aliphatic rings. The molecule has 0 aliphatic carbocycles. The summed E-state index contributed by atoms with van der Waals surface area (Å²) in [6, 6.07) is 10.2. The molecule has 0 unspecified atom stereocenters. The van der Waals surface area contributed by atoms with E-state index < -0.39 is 5.91 Å². The molecule has 9 nitrogen and oxygen atoms in total. The van der Waals surface area contributed by atoms with Gasteiger partial charge in [0.25, 0.3) is 5.56 Å². The summed E-state index contributed by atoms with van der Waals surface area (Å²) in [5, 5.41) is 13.3. The fourth-order valence-corrected chi connectivity index (χ4v) is 2.29. The number of hydrogen-bond donors (Lipinski definition) is 2. The quantitative estimate of drug-likeness (QED) is 0.660. The van der Waals surface area contributed by atoms with Crippen LogP contribution in [0.2, 0.25) is 0 Å². The molecule has 0 atom stereocenters. The van der Waals surface area contributed by atoms with Crippen LogP contribution >= 0.6 is 0 Å². The average Bonchev–Trinajstić information content (AvgIpc) is 2.65. The van der Waals surface area contributed by atoms with Gasteiger partial charge in [0, 0.05) is 19.2 Å². The fraction of sp³-hybridized carbons (Fsp3) is 0.176. The number of fused-ring (bicyclic) bond motifs is 1. The van der Waals surface area contributed by atoms with E-state index in [0.29, 0.717) is 16.6 Å². The molecular weight excluding hydrogens is 336 g/mol. The van der Waals surface area contributed by atoms with Crippen molar-refractivity contribution in [2.75, 3.05) is 11.9 Å². The summed E-state index contributed by atoms with van der Waals surface area (Å²) >= 11 is 0. The molecule has 2 aromatic heterocycles. The van der Waals surface area contributed by atoms with Gasteiger partial charge in [0.15, 0.2) is 0 Å². The molecule has 2 N–H and O–H groups in total. The van der Waals surface area contributed by atoms with Gasteiger partial charge in [0.2, 0.25) is 11.8 Å². The van der Waals surface area contributed by atoms with Crippen LogP contribution < -0.4 is 16.2 Å². The number of pyridine rings is 1. The molecule has 0 saturated carbocycles. The smallest absolute Gasteiger partial charge is 0.278 e. The minimum Gasteiger partial charge on any atom is -0.354 e. The highest BCUT2D eigenvalue weighted by molar-refractivity contribution is 5.90. The maximum Gasteiger partial charge on any atom is 0.278 e. The van der Waals surface area contributed by atoms with Gasteiger partial charge < -0.3 is 10.6 Å². The fourth-order valence-electron chi connectivity index (χ4n) is 2.29. The predicted octanol–water partition coefficient (Wildman–Crippen LogP) is 0.331. The SMILES string of the molecule is O=C(Cn1nnc2ccccc2c1=O)NCCC(=O)Nc1cccnc1. The first kappa shape index (κ1) is 17.2. The van der Waals surface area contributed by atoms with E-state index in [9.17, 15) is 14.4 Å². The van der Waals surface area contributed by atoms with E-state index in [2.05, 4.69) is 25.9 Å². The zero-order chi connectivity index (χ0) is 18.4. The van der Waals surface area contributed by atoms with Crippen molar-refractivity contribution in [1.82, 2.24) is 25.3 Å². The maximum atomic E-state index is 12.3. The molecule has 3 rings (SSSR count). The van der Waals surface area contributed by atoms with Crippen LogP contribution in [0.15, 0.2) is 53.6 Å². The Kier molecular flexibility index (Phi) is 5.28. The minimum atomic E-state index is -0.425. The third kappa shape index (κ3) is 4.26. The van der Waals surface area contributed by atoms with Crippen LogP contribution in [-0.4, -0.2) is 38.3 Å². The molecule has 2 heterocycles. The predicted molar refractivity (Wildman–Crippen MR) is 94.3 cm³/mol. The lowest BCUT2D eigenvalue weighted by Gasteiger charge is -2.07. The topological polar surface area (TPSA) is 119 Å². The second-order valence-corrected chi connectivity index (χ2v) is 5.46. The largest absolute Gasteiger partial charge is 0.354 e. The van der Waals surface area contributed by atoms with Crippen molar-refractivity contribution in [1.29, 1.82) is 0 Å². The molecule has 0 spiro atoms. The molecule has 0 radical (unpaired) electrons. The molecule has 26 heavy (non-hydrogen) atoms. The van der Waals surface area contributed by atoms with Gasteiger partial charge in [0.1, 0.15) is 12.1 Å². The lowest BCUT2D eigenvalue weighted by molar-refractivity contribution is -0.122. The van der Waals surface area contributed by atoms with Gasteiger partial charge in [-0.1, -0.05) is 17.3 Å². The van der Waals surface area contributed by atoms with Gasteiger partial charge >= 0.3 is 0 Å². The molecule has 9 heteroatoms. The number of nitrogens with one attached hydrogen (secondary N) is 2. The summed E-state index contributed by atoms with van der Waals surface area (Å²) in [6.45, 7) is -0.123. The van der Waals surface area contributed by atoms with Crippen molar-refractivity contribution in [3.63, 3.8) is 0 Å². The van der Waals surface area contributed by atoms with Gasteiger partial charge in [-0.05, 0) is 24.3 Å². The zero-order valence-corrected chi connectivity index (χ0v) is 13.8. The van der Waals surface area contributed by atoms with Crippen LogP contribution in [0, 0.1) is 0 Å². The second kappa shape index (κ2) is 7.97. The standard InChI is InChI=1S/C17H16N6O3/c24-15(20-12-4-3-8-18-10-12)7-9-19-16(25)11-23-17(26)13-5-1-2-6-14(13)21-22-23/h1-6,8,10H,7,9,11H2,(H,19,25)(H,20,24). The average molecular weight is 352 g/mol. The van der Waals surface area contributed by atoms with Gasteiger partial charge in [-0.3, -0.25) is 19.4 Å². The number of anilines is 1. The van der Waals surface area contributed by atoms with Gasteiger partial charge in [-0.15, -0.1) is 5.10 Å². The first-order valence-corrected chi connectivity index (χ1v) is 7.92. The number of carbonyl (C=O) groups is 2. The highest BCUT2D eigenvalue weighted by atomic mass is 16.2. The van der Waals surface area contributed by atoms with Gasteiger partial charge in [-0.25, -0.2) is 4.68 Å². The van der Waals surface area contributed by atoms with E-state index in [0.717, 1.165) is 4.68 Å². The number of nitrogens with zero attached hydrogens (tertiary/aromatic N) is 4. The molecule has 0 aliphatic heterocycles. The van der Waals surface area contributed by atoms with Crippen molar-refractivity contribution in [3.05, 3.63) is 59.1 Å². The lowest BCUT2D eigenvalue weighted by Crippen LogP contribution is -2.35. The van der Waals surface area contributed by atoms with E-state index in [1.807, 2.05) is 0 Å². The normalized spacial score (nSPS) is 10.5. The van der Waals surface area contributed by atoms with Gasteiger partial charge in [-0.2, -0.15) is 0 Å². The Morgan fingerprint density at radius 1 is 1.08 bits per heavy atom. The summed E-state index contributed by atoms with van der Waals surface area (Å²) in [4.78, 5) is 39.9. The molecule has 3 aromatic rings. The van der Waals surface area contributed by atoms with Crippen LogP contribution in [0.25, 0.3) is 10.9 Å². The molecule has 0 fully saturated rings. The number of aromatic nitrogens is 4. The molecule has 2 amide bonds. The van der Waals surface area contributed by atoms with Crippen molar-refractivity contribution >= 4 is 28.4 Å². The first-order chi connectivity index (χ1) is 12.6. The van der Waals surface area contributed by atoms with E-state index >= 15 is 0 Å². The lowest BCUT2D eigenvalue weighted by atomic mass is 10.2. The van der Waals surface area contributed by atoms with Crippen molar-refractivity contribution in [2.45, 2.75) is 13.0 Å². The number of carbonyl (C=O) groups excluding carboxylic acids is 2. The van der Waals surface area contributed by atoms with Crippen molar-refractivity contribution < 1.29 is 9.59 Å². The number of rotatable bonds is 6. The van der Waals surface area contributed by atoms with Crippen LogP contribution in [0.3, 0.4) is 0 Å². The van der Waals surface area contributed by atoms with Crippen molar-refractivity contribution in [3.8, 4) is 0 Å². The van der Waals surface area contributed by atoms with Crippen molar-refractivity contribution in [2.24, 2.45) is 0 Å². The highest BCUT2D eigenvalue weighted by Gasteiger charge is 2.10. The number of amides is 2. The Balaban J connectivity index is 1.51. The third-order valence-corrected chi connectivity index (χ3v) is 3.54.